The van der Waals surface area contributed by atoms with Crippen LogP contribution in [0.1, 0.15) is 41.0 Å². The fourth-order valence-corrected chi connectivity index (χ4v) is 3.29. The van der Waals surface area contributed by atoms with Crippen LogP contribution in [0.25, 0.3) is 0 Å². The van der Waals surface area contributed by atoms with Crippen LogP contribution in [0.5, 0.6) is 0 Å². The average molecular weight is 238 g/mol. The summed E-state index contributed by atoms with van der Waals surface area (Å²) in [5, 5.41) is 0. The minimum Gasteiger partial charge on any atom is -0.352 e. The SMILES string of the molecule is CC1=CC(C)C2(COC(C(C)C)OC2)C(C)C1. The second-order valence-corrected chi connectivity index (χ2v) is 6.37. The summed E-state index contributed by atoms with van der Waals surface area (Å²) in [6.07, 6.45) is 3.58. The Morgan fingerprint density at radius 1 is 1.24 bits per heavy atom. The highest BCUT2D eigenvalue weighted by Gasteiger charge is 2.46. The summed E-state index contributed by atoms with van der Waals surface area (Å²) in [6.45, 7) is 12.9. The van der Waals surface area contributed by atoms with Crippen molar-refractivity contribution < 1.29 is 9.47 Å². The zero-order chi connectivity index (χ0) is 12.6. The molecule has 0 aromatic heterocycles. The first kappa shape index (κ1) is 13.1. The van der Waals surface area contributed by atoms with Gasteiger partial charge in [-0.1, -0.05) is 39.3 Å². The molecule has 0 N–H and O–H groups in total. The van der Waals surface area contributed by atoms with Crippen LogP contribution in [0.3, 0.4) is 0 Å². The molecular formula is C15H26O2. The molecule has 1 saturated heterocycles. The Balaban J connectivity index is 2.11. The topological polar surface area (TPSA) is 18.5 Å². The van der Waals surface area contributed by atoms with Gasteiger partial charge >= 0.3 is 0 Å². The first-order chi connectivity index (χ1) is 7.95. The van der Waals surface area contributed by atoms with Crippen LogP contribution in [-0.2, 0) is 9.47 Å². The third kappa shape index (κ3) is 2.30. The maximum absolute atomic E-state index is 5.96. The van der Waals surface area contributed by atoms with Gasteiger partial charge in [0.15, 0.2) is 6.29 Å². The van der Waals surface area contributed by atoms with Gasteiger partial charge in [0.05, 0.1) is 13.2 Å². The Bertz CT molecular complexity index is 298. The van der Waals surface area contributed by atoms with Gasteiger partial charge in [0.1, 0.15) is 0 Å². The third-order valence-electron chi connectivity index (χ3n) is 4.63. The van der Waals surface area contributed by atoms with Crippen LogP contribution < -0.4 is 0 Å². The van der Waals surface area contributed by atoms with Crippen LogP contribution in [0, 0.1) is 23.2 Å². The van der Waals surface area contributed by atoms with Gasteiger partial charge in [-0.05, 0) is 25.2 Å². The van der Waals surface area contributed by atoms with Gasteiger partial charge < -0.3 is 9.47 Å². The summed E-state index contributed by atoms with van der Waals surface area (Å²) >= 11 is 0. The lowest BCUT2D eigenvalue weighted by Gasteiger charge is -2.50. The molecule has 0 aromatic carbocycles. The van der Waals surface area contributed by atoms with E-state index in [1.54, 1.807) is 0 Å². The summed E-state index contributed by atoms with van der Waals surface area (Å²) in [6, 6.07) is 0. The van der Waals surface area contributed by atoms with Crippen LogP contribution in [0.4, 0.5) is 0 Å². The first-order valence-electron chi connectivity index (χ1n) is 6.86. The van der Waals surface area contributed by atoms with Gasteiger partial charge in [-0.15, -0.1) is 0 Å². The van der Waals surface area contributed by atoms with E-state index in [0.29, 0.717) is 17.8 Å². The standard InChI is InChI=1S/C15H26O2/c1-10(2)14-16-8-15(9-17-14)12(4)6-11(3)7-13(15)5/h6,10,12-14H,7-9H2,1-5H3. The lowest BCUT2D eigenvalue weighted by molar-refractivity contribution is -0.264. The molecule has 0 bridgehead atoms. The van der Waals surface area contributed by atoms with E-state index < -0.39 is 0 Å². The molecular weight excluding hydrogens is 212 g/mol. The Hall–Kier alpha value is -0.340. The number of rotatable bonds is 1. The van der Waals surface area contributed by atoms with Crippen molar-refractivity contribution in [2.75, 3.05) is 13.2 Å². The van der Waals surface area contributed by atoms with E-state index in [2.05, 4.69) is 40.7 Å². The summed E-state index contributed by atoms with van der Waals surface area (Å²) in [7, 11) is 0. The molecule has 1 heterocycles. The van der Waals surface area contributed by atoms with Gasteiger partial charge in [-0.3, -0.25) is 0 Å². The second-order valence-electron chi connectivity index (χ2n) is 6.37. The molecule has 0 radical (unpaired) electrons. The summed E-state index contributed by atoms with van der Waals surface area (Å²) in [5.74, 6) is 1.65. The lowest BCUT2D eigenvalue weighted by Crippen LogP contribution is -2.51. The molecule has 2 atom stereocenters. The summed E-state index contributed by atoms with van der Waals surface area (Å²) in [4.78, 5) is 0. The maximum atomic E-state index is 5.96. The number of hydrogen-bond donors (Lipinski definition) is 0. The zero-order valence-corrected chi connectivity index (χ0v) is 11.8. The zero-order valence-electron chi connectivity index (χ0n) is 11.8. The smallest absolute Gasteiger partial charge is 0.159 e. The number of hydrogen-bond acceptors (Lipinski definition) is 2. The van der Waals surface area contributed by atoms with Crippen molar-refractivity contribution in [3.05, 3.63) is 11.6 Å². The fourth-order valence-electron chi connectivity index (χ4n) is 3.29. The molecule has 1 aliphatic heterocycles. The molecule has 2 heteroatoms. The lowest BCUT2D eigenvalue weighted by atomic mass is 9.63. The third-order valence-corrected chi connectivity index (χ3v) is 4.63. The van der Waals surface area contributed by atoms with E-state index in [9.17, 15) is 0 Å². The number of ether oxygens (including phenoxy) is 2. The van der Waals surface area contributed by atoms with Crippen LogP contribution >= 0.6 is 0 Å². The highest BCUT2D eigenvalue weighted by Crippen LogP contribution is 2.47. The predicted octanol–water partition coefficient (Wildman–Crippen LogP) is 3.62. The Morgan fingerprint density at radius 3 is 2.29 bits per heavy atom. The molecule has 0 saturated carbocycles. The Kier molecular flexibility index (Phi) is 3.65. The van der Waals surface area contributed by atoms with E-state index in [-0.39, 0.29) is 11.7 Å². The molecule has 2 rings (SSSR count). The predicted molar refractivity (Wildman–Crippen MR) is 69.7 cm³/mol. The van der Waals surface area contributed by atoms with Gasteiger partial charge in [0.2, 0.25) is 0 Å². The first-order valence-corrected chi connectivity index (χ1v) is 6.86. The van der Waals surface area contributed by atoms with Gasteiger partial charge in [0, 0.05) is 11.3 Å². The summed E-state index contributed by atoms with van der Waals surface area (Å²) in [5.41, 5.74) is 1.71. The van der Waals surface area contributed by atoms with Gasteiger partial charge in [0.25, 0.3) is 0 Å². The van der Waals surface area contributed by atoms with Crippen molar-refractivity contribution in [3.63, 3.8) is 0 Å². The van der Waals surface area contributed by atoms with Crippen molar-refractivity contribution in [2.24, 2.45) is 23.2 Å². The molecule has 1 aliphatic carbocycles. The molecule has 2 nitrogen and oxygen atoms in total. The van der Waals surface area contributed by atoms with Crippen molar-refractivity contribution in [3.8, 4) is 0 Å². The Labute approximate surface area is 105 Å². The minimum absolute atomic E-state index is 0.00738. The maximum Gasteiger partial charge on any atom is 0.159 e. The molecule has 1 spiro atoms. The second kappa shape index (κ2) is 4.74. The van der Waals surface area contributed by atoms with Gasteiger partial charge in [-0.25, -0.2) is 0 Å². The van der Waals surface area contributed by atoms with Crippen LogP contribution in [-0.4, -0.2) is 19.5 Å². The van der Waals surface area contributed by atoms with E-state index in [1.165, 1.54) is 12.0 Å². The van der Waals surface area contributed by atoms with Crippen molar-refractivity contribution in [1.82, 2.24) is 0 Å². The van der Waals surface area contributed by atoms with Gasteiger partial charge in [-0.2, -0.15) is 0 Å². The summed E-state index contributed by atoms with van der Waals surface area (Å²) < 4.78 is 11.9. The Morgan fingerprint density at radius 2 is 1.82 bits per heavy atom. The average Bonchev–Trinajstić information content (AvgIpc) is 2.26. The molecule has 17 heavy (non-hydrogen) atoms. The molecule has 0 aromatic rings. The largest absolute Gasteiger partial charge is 0.352 e. The highest BCUT2D eigenvalue weighted by molar-refractivity contribution is 5.13. The van der Waals surface area contributed by atoms with Crippen molar-refractivity contribution >= 4 is 0 Å². The molecule has 2 unspecified atom stereocenters. The fraction of sp³-hybridized carbons (Fsp3) is 0.867. The molecule has 1 fully saturated rings. The van der Waals surface area contributed by atoms with Crippen molar-refractivity contribution in [2.45, 2.75) is 47.3 Å². The van der Waals surface area contributed by atoms with E-state index in [1.807, 2.05) is 0 Å². The monoisotopic (exact) mass is 238 g/mol. The molecule has 2 aliphatic rings. The van der Waals surface area contributed by atoms with E-state index in [0.717, 1.165) is 13.2 Å². The minimum atomic E-state index is -0.00738. The van der Waals surface area contributed by atoms with E-state index in [4.69, 9.17) is 9.47 Å². The quantitative estimate of drug-likeness (QED) is 0.650. The van der Waals surface area contributed by atoms with Crippen LogP contribution in [0.2, 0.25) is 0 Å². The van der Waals surface area contributed by atoms with Crippen molar-refractivity contribution in [1.29, 1.82) is 0 Å². The van der Waals surface area contributed by atoms with E-state index >= 15 is 0 Å². The molecule has 98 valence electrons. The normalized spacial score (nSPS) is 42.9. The van der Waals surface area contributed by atoms with Crippen LogP contribution in [0.15, 0.2) is 11.6 Å². The molecule has 0 amide bonds. The number of allylic oxidation sites excluding steroid dienone is 2. The highest BCUT2D eigenvalue weighted by atomic mass is 16.7.